The Labute approximate surface area is 151 Å². The number of hydrazine groups is 1. The Hall–Kier alpha value is -2.11. The van der Waals surface area contributed by atoms with Crippen molar-refractivity contribution < 1.29 is 4.79 Å². The van der Waals surface area contributed by atoms with Crippen molar-refractivity contribution in [1.82, 2.24) is 10.9 Å². The van der Waals surface area contributed by atoms with Crippen LogP contribution in [0.1, 0.15) is 23.5 Å². The first-order valence-corrected chi connectivity index (χ1v) is 8.50. The Bertz CT molecular complexity index is 746. The van der Waals surface area contributed by atoms with E-state index in [1.54, 1.807) is 12.1 Å². The summed E-state index contributed by atoms with van der Waals surface area (Å²) in [6, 6.07) is 15.5. The van der Waals surface area contributed by atoms with Crippen molar-refractivity contribution in [1.29, 1.82) is 0 Å². The van der Waals surface area contributed by atoms with Crippen molar-refractivity contribution in [2.75, 3.05) is 5.32 Å². The van der Waals surface area contributed by atoms with E-state index in [1.807, 2.05) is 12.1 Å². The summed E-state index contributed by atoms with van der Waals surface area (Å²) in [7, 11) is 0. The van der Waals surface area contributed by atoms with Gasteiger partial charge in [-0.3, -0.25) is 15.6 Å². The van der Waals surface area contributed by atoms with Crippen molar-refractivity contribution in [2.24, 2.45) is 5.92 Å². The first-order chi connectivity index (χ1) is 11.5. The van der Waals surface area contributed by atoms with E-state index >= 15 is 0 Å². The summed E-state index contributed by atoms with van der Waals surface area (Å²) in [5.41, 5.74) is 8.64. The molecule has 2 aromatic carbocycles. The summed E-state index contributed by atoms with van der Waals surface area (Å²) in [4.78, 5) is 12.2. The van der Waals surface area contributed by atoms with E-state index in [1.165, 1.54) is 11.1 Å². The van der Waals surface area contributed by atoms with Crippen LogP contribution in [0.4, 0.5) is 5.69 Å². The molecule has 6 heteroatoms. The molecule has 124 valence electrons. The van der Waals surface area contributed by atoms with Crippen LogP contribution in [0.3, 0.4) is 0 Å². The summed E-state index contributed by atoms with van der Waals surface area (Å²) < 4.78 is 0. The number of nitrogens with one attached hydrogen (secondary N) is 3. The second-order valence-corrected chi connectivity index (χ2v) is 6.78. The summed E-state index contributed by atoms with van der Waals surface area (Å²) in [6.45, 7) is 2.05. The Morgan fingerprint density at radius 2 is 1.75 bits per heavy atom. The van der Waals surface area contributed by atoms with Crippen molar-refractivity contribution in [3.8, 4) is 0 Å². The standard InChI is InChI=1S/C18H18ClN3OS/c1-11-2-4-12(5-3-11)15-10-16(15)17(23)21-22-18(24)20-14-8-6-13(19)7-9-14/h2-9,15-16H,10H2,1H3,(H,21,23)(H2,20,22,24)/t15-,16-/m1/s1. The summed E-state index contributed by atoms with van der Waals surface area (Å²) in [6.07, 6.45) is 0.869. The van der Waals surface area contributed by atoms with Crippen LogP contribution in [0.25, 0.3) is 0 Å². The number of amides is 1. The Morgan fingerprint density at radius 1 is 1.08 bits per heavy atom. The van der Waals surface area contributed by atoms with E-state index in [9.17, 15) is 4.79 Å². The molecule has 0 radical (unpaired) electrons. The van der Waals surface area contributed by atoms with Crippen LogP contribution >= 0.6 is 23.8 Å². The molecule has 1 amide bonds. The molecule has 0 spiro atoms. The highest BCUT2D eigenvalue weighted by atomic mass is 35.5. The number of hydrogen-bond acceptors (Lipinski definition) is 2. The molecule has 0 saturated heterocycles. The predicted molar refractivity (Wildman–Crippen MR) is 101 cm³/mol. The third-order valence-corrected chi connectivity index (χ3v) is 4.49. The van der Waals surface area contributed by atoms with Gasteiger partial charge in [-0.15, -0.1) is 0 Å². The molecule has 2 aromatic rings. The second-order valence-electron chi connectivity index (χ2n) is 5.93. The number of carbonyl (C=O) groups excluding carboxylic acids is 1. The number of halogens is 1. The molecule has 2 atom stereocenters. The van der Waals surface area contributed by atoms with Gasteiger partial charge in [-0.25, -0.2) is 0 Å². The largest absolute Gasteiger partial charge is 0.331 e. The highest BCUT2D eigenvalue weighted by molar-refractivity contribution is 7.80. The zero-order valence-electron chi connectivity index (χ0n) is 13.2. The van der Waals surface area contributed by atoms with E-state index < -0.39 is 0 Å². The highest BCUT2D eigenvalue weighted by Gasteiger charge is 2.43. The zero-order valence-corrected chi connectivity index (χ0v) is 14.7. The van der Waals surface area contributed by atoms with E-state index in [2.05, 4.69) is 47.4 Å². The maximum atomic E-state index is 12.2. The molecular formula is C18H18ClN3OS. The average molecular weight is 360 g/mol. The van der Waals surface area contributed by atoms with Gasteiger partial charge in [0, 0.05) is 16.6 Å². The minimum atomic E-state index is -0.0409. The number of hydrogen-bond donors (Lipinski definition) is 3. The Morgan fingerprint density at radius 3 is 2.42 bits per heavy atom. The van der Waals surface area contributed by atoms with Crippen molar-refractivity contribution >= 4 is 40.5 Å². The van der Waals surface area contributed by atoms with Crippen LogP contribution in [0.2, 0.25) is 5.02 Å². The van der Waals surface area contributed by atoms with Gasteiger partial charge in [-0.05, 0) is 61.3 Å². The minimum absolute atomic E-state index is 0.00135. The molecular weight excluding hydrogens is 342 g/mol. The van der Waals surface area contributed by atoms with Crippen LogP contribution < -0.4 is 16.2 Å². The van der Waals surface area contributed by atoms with Crippen LogP contribution in [-0.4, -0.2) is 11.0 Å². The molecule has 0 aromatic heterocycles. The van der Waals surface area contributed by atoms with Gasteiger partial charge in [-0.2, -0.15) is 0 Å². The molecule has 0 unspecified atom stereocenters. The lowest BCUT2D eigenvalue weighted by atomic mass is 10.1. The van der Waals surface area contributed by atoms with Crippen LogP contribution in [0, 0.1) is 12.8 Å². The van der Waals surface area contributed by atoms with E-state index in [-0.39, 0.29) is 11.8 Å². The zero-order chi connectivity index (χ0) is 17.1. The van der Waals surface area contributed by atoms with Gasteiger partial charge >= 0.3 is 0 Å². The first kappa shape index (κ1) is 16.7. The molecule has 0 bridgehead atoms. The number of benzene rings is 2. The van der Waals surface area contributed by atoms with Gasteiger partial charge < -0.3 is 5.32 Å². The lowest BCUT2D eigenvalue weighted by Crippen LogP contribution is -2.44. The molecule has 4 nitrogen and oxygen atoms in total. The SMILES string of the molecule is Cc1ccc([C@H]2C[C@H]2C(=O)NNC(=S)Nc2ccc(Cl)cc2)cc1. The number of rotatable bonds is 3. The minimum Gasteiger partial charge on any atom is -0.331 e. The summed E-state index contributed by atoms with van der Waals surface area (Å²) >= 11 is 11.0. The first-order valence-electron chi connectivity index (χ1n) is 7.72. The fourth-order valence-corrected chi connectivity index (χ4v) is 2.87. The van der Waals surface area contributed by atoms with Gasteiger partial charge in [0.15, 0.2) is 5.11 Å². The van der Waals surface area contributed by atoms with Gasteiger partial charge in [0.05, 0.1) is 0 Å². The molecule has 1 aliphatic carbocycles. The number of carbonyl (C=O) groups is 1. The quantitative estimate of drug-likeness (QED) is 0.577. The monoisotopic (exact) mass is 359 g/mol. The van der Waals surface area contributed by atoms with Crippen molar-refractivity contribution in [3.05, 3.63) is 64.7 Å². The lowest BCUT2D eigenvalue weighted by molar-refractivity contribution is -0.122. The maximum Gasteiger partial charge on any atom is 0.242 e. The van der Waals surface area contributed by atoms with E-state index in [0.29, 0.717) is 16.1 Å². The third kappa shape index (κ3) is 4.24. The summed E-state index contributed by atoms with van der Waals surface area (Å²) in [5.74, 6) is 0.254. The van der Waals surface area contributed by atoms with Gasteiger partial charge in [0.2, 0.25) is 5.91 Å². The van der Waals surface area contributed by atoms with Crippen LogP contribution in [-0.2, 0) is 4.79 Å². The predicted octanol–water partition coefficient (Wildman–Crippen LogP) is 3.77. The molecule has 1 saturated carbocycles. The Kier molecular flexibility index (Phi) is 5.02. The van der Waals surface area contributed by atoms with E-state index in [4.69, 9.17) is 23.8 Å². The van der Waals surface area contributed by atoms with Crippen molar-refractivity contribution in [2.45, 2.75) is 19.3 Å². The molecule has 3 rings (SSSR count). The average Bonchev–Trinajstić information content (AvgIpc) is 3.36. The van der Waals surface area contributed by atoms with Crippen molar-refractivity contribution in [3.63, 3.8) is 0 Å². The van der Waals surface area contributed by atoms with Crippen LogP contribution in [0.15, 0.2) is 48.5 Å². The molecule has 1 aliphatic rings. The number of thiocarbonyl (C=S) groups is 1. The molecule has 24 heavy (non-hydrogen) atoms. The Balaban J connectivity index is 1.45. The maximum absolute atomic E-state index is 12.2. The van der Waals surface area contributed by atoms with Gasteiger partial charge in [-0.1, -0.05) is 41.4 Å². The smallest absolute Gasteiger partial charge is 0.242 e. The second kappa shape index (κ2) is 7.20. The van der Waals surface area contributed by atoms with E-state index in [0.717, 1.165) is 12.1 Å². The fraction of sp³-hybridized carbons (Fsp3) is 0.222. The topological polar surface area (TPSA) is 53.2 Å². The normalized spacial score (nSPS) is 18.6. The molecule has 0 heterocycles. The fourth-order valence-electron chi connectivity index (χ4n) is 2.57. The molecule has 3 N–H and O–H groups in total. The van der Waals surface area contributed by atoms with Crippen LogP contribution in [0.5, 0.6) is 0 Å². The highest BCUT2D eigenvalue weighted by Crippen LogP contribution is 2.47. The number of aryl methyl sites for hydroxylation is 1. The van der Waals surface area contributed by atoms with Gasteiger partial charge in [0.25, 0.3) is 0 Å². The lowest BCUT2D eigenvalue weighted by Gasteiger charge is -2.11. The summed E-state index contributed by atoms with van der Waals surface area (Å²) in [5, 5.41) is 3.97. The molecule has 0 aliphatic heterocycles. The number of anilines is 1. The third-order valence-electron chi connectivity index (χ3n) is 4.03. The molecule has 1 fully saturated rings. The van der Waals surface area contributed by atoms with Gasteiger partial charge in [0.1, 0.15) is 0 Å².